The lowest BCUT2D eigenvalue weighted by molar-refractivity contribution is -0.137. The van der Waals surface area contributed by atoms with Gasteiger partial charge in [-0.1, -0.05) is 48.9 Å². The highest BCUT2D eigenvalue weighted by Crippen LogP contribution is 2.37. The van der Waals surface area contributed by atoms with Crippen LogP contribution in [0.2, 0.25) is 5.02 Å². The van der Waals surface area contributed by atoms with Crippen molar-refractivity contribution in [3.8, 4) is 0 Å². The highest BCUT2D eigenvalue weighted by Gasteiger charge is 2.37. The fourth-order valence-electron chi connectivity index (χ4n) is 3.26. The third-order valence-electron chi connectivity index (χ3n) is 4.69. The number of hydrogen-bond donors (Lipinski definition) is 0. The zero-order valence-corrected chi connectivity index (χ0v) is 16.2. The van der Waals surface area contributed by atoms with Crippen molar-refractivity contribution in [3.63, 3.8) is 0 Å². The van der Waals surface area contributed by atoms with Crippen molar-refractivity contribution < 1.29 is 18.0 Å². The second-order valence-corrected chi connectivity index (χ2v) is 7.20. The molecule has 2 aromatic rings. The largest absolute Gasteiger partial charge is 0.417 e. The first-order valence-corrected chi connectivity index (χ1v) is 9.21. The highest BCUT2D eigenvalue weighted by atomic mass is 35.5. The normalized spacial score (nSPS) is 16.6. The van der Waals surface area contributed by atoms with Crippen LogP contribution < -0.4 is 4.90 Å². The van der Waals surface area contributed by atoms with Crippen LogP contribution in [0.15, 0.2) is 66.4 Å². The quantitative estimate of drug-likeness (QED) is 0.550. The molecule has 0 spiro atoms. The van der Waals surface area contributed by atoms with Crippen molar-refractivity contribution >= 4 is 23.2 Å². The topological polar surface area (TPSA) is 20.3 Å². The average Bonchev–Trinajstić information content (AvgIpc) is 2.65. The first-order chi connectivity index (χ1) is 13.2. The van der Waals surface area contributed by atoms with Crippen LogP contribution >= 0.6 is 11.6 Å². The number of benzene rings is 2. The van der Waals surface area contributed by atoms with E-state index in [1.165, 1.54) is 23.1 Å². The first kappa shape index (κ1) is 20.2. The fourth-order valence-corrected chi connectivity index (χ4v) is 3.43. The Morgan fingerprint density at radius 1 is 1.14 bits per heavy atom. The van der Waals surface area contributed by atoms with Gasteiger partial charge in [0.25, 0.3) is 5.91 Å². The summed E-state index contributed by atoms with van der Waals surface area (Å²) in [5.41, 5.74) is 0.387. The zero-order chi connectivity index (χ0) is 20.5. The van der Waals surface area contributed by atoms with E-state index >= 15 is 0 Å². The number of carbonyl (C=O) groups excluding carboxylic acids is 1. The van der Waals surface area contributed by atoms with Crippen LogP contribution in [-0.4, -0.2) is 5.91 Å². The molecule has 1 amide bonds. The molecule has 1 aliphatic rings. The van der Waals surface area contributed by atoms with Crippen LogP contribution in [0.25, 0.3) is 0 Å². The Balaban J connectivity index is 2.18. The summed E-state index contributed by atoms with van der Waals surface area (Å²) in [4.78, 5) is 14.8. The first-order valence-electron chi connectivity index (χ1n) is 8.83. The number of amides is 1. The van der Waals surface area contributed by atoms with Crippen molar-refractivity contribution in [3.05, 3.63) is 88.1 Å². The number of allylic oxidation sites excluding steroid dienone is 4. The second-order valence-electron chi connectivity index (χ2n) is 6.79. The summed E-state index contributed by atoms with van der Waals surface area (Å²) in [6.45, 7) is 3.73. The van der Waals surface area contributed by atoms with Crippen LogP contribution in [0.5, 0.6) is 0 Å². The lowest BCUT2D eigenvalue weighted by Crippen LogP contribution is -2.33. The molecule has 6 heteroatoms. The molecule has 0 saturated heterocycles. The third-order valence-corrected chi connectivity index (χ3v) is 5.10. The van der Waals surface area contributed by atoms with Gasteiger partial charge in [-0.25, -0.2) is 0 Å². The monoisotopic (exact) mass is 405 g/mol. The van der Waals surface area contributed by atoms with E-state index in [4.69, 9.17) is 11.6 Å². The van der Waals surface area contributed by atoms with Crippen molar-refractivity contribution in [2.24, 2.45) is 5.92 Å². The van der Waals surface area contributed by atoms with Gasteiger partial charge in [-0.2, -0.15) is 13.2 Å². The lowest BCUT2D eigenvalue weighted by Gasteiger charge is -2.30. The Kier molecular flexibility index (Phi) is 5.66. The molecule has 0 fully saturated rings. The number of carbonyl (C=O) groups is 1. The number of halogens is 4. The zero-order valence-electron chi connectivity index (χ0n) is 15.4. The van der Waals surface area contributed by atoms with Crippen LogP contribution in [0.3, 0.4) is 0 Å². The highest BCUT2D eigenvalue weighted by molar-refractivity contribution is 6.32. The Hall–Kier alpha value is -2.53. The van der Waals surface area contributed by atoms with E-state index in [-0.39, 0.29) is 5.92 Å². The summed E-state index contributed by atoms with van der Waals surface area (Å²) in [5, 5.41) is 0.444. The number of alkyl halides is 3. The molecule has 3 rings (SSSR count). The van der Waals surface area contributed by atoms with Gasteiger partial charge in [0.2, 0.25) is 0 Å². The molecule has 146 valence electrons. The van der Waals surface area contributed by atoms with Gasteiger partial charge in [0.05, 0.1) is 16.8 Å². The molecule has 1 atom stereocenters. The SMILES string of the molecule is Cc1c(Cl)cccc1N(C(=O)c1ccccc1C(F)(F)F)C1=CC=CC(C)C1. The van der Waals surface area contributed by atoms with Gasteiger partial charge in [-0.15, -0.1) is 0 Å². The molecule has 2 nitrogen and oxygen atoms in total. The molecule has 1 unspecified atom stereocenters. The van der Waals surface area contributed by atoms with E-state index in [9.17, 15) is 18.0 Å². The Morgan fingerprint density at radius 2 is 1.86 bits per heavy atom. The molecule has 2 aromatic carbocycles. The standard InChI is InChI=1S/C22H19ClF3NO/c1-14-7-5-8-16(13-14)27(20-12-6-11-19(23)15(20)2)21(28)17-9-3-4-10-18(17)22(24,25)26/h3-12,14H,13H2,1-2H3. The average molecular weight is 406 g/mol. The number of hydrogen-bond acceptors (Lipinski definition) is 1. The van der Waals surface area contributed by atoms with Crippen molar-refractivity contribution in [1.82, 2.24) is 0 Å². The van der Waals surface area contributed by atoms with Crippen LogP contribution in [0.1, 0.15) is 34.8 Å². The number of anilines is 1. The summed E-state index contributed by atoms with van der Waals surface area (Å²) in [6.07, 6.45) is 1.46. The Bertz CT molecular complexity index is 962. The maximum Gasteiger partial charge on any atom is 0.417 e. The third kappa shape index (κ3) is 3.99. The van der Waals surface area contributed by atoms with Gasteiger partial charge in [0.15, 0.2) is 0 Å². The minimum Gasteiger partial charge on any atom is -0.280 e. The smallest absolute Gasteiger partial charge is 0.280 e. The number of nitrogens with zero attached hydrogens (tertiary/aromatic N) is 1. The minimum absolute atomic E-state index is 0.160. The van der Waals surface area contributed by atoms with Crippen molar-refractivity contribution in [2.45, 2.75) is 26.4 Å². The lowest BCUT2D eigenvalue weighted by atomic mass is 9.97. The molecule has 0 heterocycles. The van der Waals surface area contributed by atoms with Crippen LogP contribution in [0, 0.1) is 12.8 Å². The van der Waals surface area contributed by atoms with Gasteiger partial charge in [0.1, 0.15) is 0 Å². The molecule has 1 aliphatic carbocycles. The molecular formula is C22H19ClF3NO. The molecule has 28 heavy (non-hydrogen) atoms. The summed E-state index contributed by atoms with van der Waals surface area (Å²) in [7, 11) is 0. The molecule has 0 N–H and O–H groups in total. The maximum absolute atomic E-state index is 13.5. The van der Waals surface area contributed by atoms with E-state index in [1.54, 1.807) is 31.2 Å². The fraction of sp³-hybridized carbons (Fsp3) is 0.227. The molecule has 0 aromatic heterocycles. The van der Waals surface area contributed by atoms with Crippen molar-refractivity contribution in [1.29, 1.82) is 0 Å². The van der Waals surface area contributed by atoms with Gasteiger partial charge < -0.3 is 0 Å². The van der Waals surface area contributed by atoms with E-state index in [1.807, 2.05) is 19.1 Å². The summed E-state index contributed by atoms with van der Waals surface area (Å²) >= 11 is 6.23. The predicted molar refractivity (Wildman–Crippen MR) is 105 cm³/mol. The van der Waals surface area contributed by atoms with Gasteiger partial charge >= 0.3 is 6.18 Å². The predicted octanol–water partition coefficient (Wildman–Crippen LogP) is 6.79. The second kappa shape index (κ2) is 7.84. The van der Waals surface area contributed by atoms with E-state index in [2.05, 4.69) is 0 Å². The van der Waals surface area contributed by atoms with E-state index in [0.717, 1.165) is 6.07 Å². The maximum atomic E-state index is 13.5. The minimum atomic E-state index is -4.63. The molecule has 0 bridgehead atoms. The van der Waals surface area contributed by atoms with E-state index in [0.29, 0.717) is 28.4 Å². The summed E-state index contributed by atoms with van der Waals surface area (Å²) < 4.78 is 40.5. The summed E-state index contributed by atoms with van der Waals surface area (Å²) in [5.74, 6) is -0.570. The van der Waals surface area contributed by atoms with E-state index < -0.39 is 23.2 Å². The van der Waals surface area contributed by atoms with Gasteiger partial charge in [-0.3, -0.25) is 9.69 Å². The molecule has 0 saturated carbocycles. The molecule has 0 aliphatic heterocycles. The number of rotatable bonds is 3. The Labute approximate surface area is 166 Å². The van der Waals surface area contributed by atoms with Gasteiger partial charge in [0, 0.05) is 10.7 Å². The van der Waals surface area contributed by atoms with Crippen LogP contribution in [-0.2, 0) is 6.18 Å². The van der Waals surface area contributed by atoms with Crippen LogP contribution in [0.4, 0.5) is 18.9 Å². The summed E-state index contributed by atoms with van der Waals surface area (Å²) in [6, 6.07) is 9.91. The molecular weight excluding hydrogens is 387 g/mol. The van der Waals surface area contributed by atoms with Crippen molar-refractivity contribution in [2.75, 3.05) is 4.90 Å². The Morgan fingerprint density at radius 3 is 2.54 bits per heavy atom. The molecule has 0 radical (unpaired) electrons. The van der Waals surface area contributed by atoms with Gasteiger partial charge in [-0.05, 0) is 55.2 Å².